The fraction of sp³-hybridized carbons (Fsp3) is 0.150. The summed E-state index contributed by atoms with van der Waals surface area (Å²) in [4.78, 5) is 32.5. The first kappa shape index (κ1) is 16.0. The molecule has 27 heavy (non-hydrogen) atoms. The number of thiophene rings is 1. The maximum atomic E-state index is 12.4. The molecule has 4 heterocycles. The minimum absolute atomic E-state index is 0.148. The number of hydrogen-bond acceptors (Lipinski definition) is 5. The highest BCUT2D eigenvalue weighted by molar-refractivity contribution is 7.13. The molecule has 0 aliphatic carbocycles. The van der Waals surface area contributed by atoms with Gasteiger partial charge in [-0.3, -0.25) is 14.5 Å². The van der Waals surface area contributed by atoms with Crippen molar-refractivity contribution in [3.05, 3.63) is 75.2 Å². The van der Waals surface area contributed by atoms with Crippen LogP contribution in [0.3, 0.4) is 0 Å². The lowest BCUT2D eigenvalue weighted by Crippen LogP contribution is -2.32. The molecule has 2 aliphatic rings. The number of aryl methyl sites for hydroxylation is 1. The van der Waals surface area contributed by atoms with Gasteiger partial charge in [-0.05, 0) is 42.1 Å². The highest BCUT2D eigenvalue weighted by Crippen LogP contribution is 2.36. The zero-order chi connectivity index (χ0) is 18.5. The van der Waals surface area contributed by atoms with Crippen LogP contribution in [0.4, 0.5) is 0 Å². The van der Waals surface area contributed by atoms with Crippen molar-refractivity contribution >= 4 is 28.9 Å². The van der Waals surface area contributed by atoms with E-state index in [1.807, 2.05) is 18.3 Å². The van der Waals surface area contributed by atoms with Crippen LogP contribution in [0.1, 0.15) is 36.9 Å². The first-order chi connectivity index (χ1) is 13.2. The van der Waals surface area contributed by atoms with Gasteiger partial charge < -0.3 is 9.40 Å². The maximum Gasteiger partial charge on any atom is 0.261 e. The van der Waals surface area contributed by atoms with E-state index in [0.29, 0.717) is 11.1 Å². The van der Waals surface area contributed by atoms with Crippen molar-refractivity contribution in [2.24, 2.45) is 5.16 Å². The summed E-state index contributed by atoms with van der Waals surface area (Å²) in [7, 11) is 0. The quantitative estimate of drug-likeness (QED) is 0.312. The smallest absolute Gasteiger partial charge is 0.261 e. The number of carbonyl (C=O) groups excluding carboxylic acids is 2. The van der Waals surface area contributed by atoms with Crippen LogP contribution in [-0.2, 0) is 4.84 Å². The highest BCUT2D eigenvalue weighted by Gasteiger charge is 2.35. The molecule has 134 valence electrons. The number of nitrogens with zero attached hydrogens (tertiary/aromatic N) is 3. The van der Waals surface area contributed by atoms with Crippen molar-refractivity contribution in [3.8, 4) is 5.69 Å². The predicted octanol–water partition coefficient (Wildman–Crippen LogP) is 3.23. The Balaban J connectivity index is 1.32. The van der Waals surface area contributed by atoms with Gasteiger partial charge in [0.05, 0.1) is 33.9 Å². The van der Waals surface area contributed by atoms with E-state index in [9.17, 15) is 9.59 Å². The molecule has 3 aromatic rings. The molecule has 0 saturated heterocycles. The van der Waals surface area contributed by atoms with Gasteiger partial charge in [0.1, 0.15) is 12.3 Å². The summed E-state index contributed by atoms with van der Waals surface area (Å²) in [6, 6.07) is 10.8. The van der Waals surface area contributed by atoms with Crippen molar-refractivity contribution in [3.63, 3.8) is 0 Å². The number of fused-ring (bicyclic) bond motifs is 4. The Kier molecular flexibility index (Phi) is 3.51. The van der Waals surface area contributed by atoms with E-state index < -0.39 is 0 Å². The molecule has 0 N–H and O–H groups in total. The zero-order valence-electron chi connectivity index (χ0n) is 14.5. The van der Waals surface area contributed by atoms with Gasteiger partial charge in [0.15, 0.2) is 0 Å². The van der Waals surface area contributed by atoms with E-state index in [-0.39, 0.29) is 25.0 Å². The van der Waals surface area contributed by atoms with Crippen LogP contribution in [-0.4, -0.2) is 40.1 Å². The summed E-state index contributed by atoms with van der Waals surface area (Å²) in [5.41, 5.74) is 5.00. The van der Waals surface area contributed by atoms with Crippen LogP contribution in [0, 0.1) is 6.92 Å². The van der Waals surface area contributed by atoms with Crippen LogP contribution < -0.4 is 0 Å². The first-order valence-corrected chi connectivity index (χ1v) is 9.46. The summed E-state index contributed by atoms with van der Waals surface area (Å²) in [6.07, 6.45) is 2.01. The van der Waals surface area contributed by atoms with Crippen molar-refractivity contribution < 1.29 is 14.4 Å². The van der Waals surface area contributed by atoms with Gasteiger partial charge in [0.2, 0.25) is 0 Å². The third-order valence-electron chi connectivity index (χ3n) is 4.83. The fourth-order valence-corrected chi connectivity index (χ4v) is 4.59. The van der Waals surface area contributed by atoms with E-state index in [4.69, 9.17) is 4.84 Å². The third kappa shape index (κ3) is 2.28. The number of oxime groups is 1. The second kappa shape index (κ2) is 5.92. The first-order valence-electron chi connectivity index (χ1n) is 8.58. The van der Waals surface area contributed by atoms with Crippen LogP contribution >= 0.6 is 11.3 Å². The Labute approximate surface area is 159 Å². The van der Waals surface area contributed by atoms with E-state index in [1.54, 1.807) is 35.6 Å². The van der Waals surface area contributed by atoms with E-state index in [2.05, 4.69) is 22.0 Å². The van der Waals surface area contributed by atoms with Crippen molar-refractivity contribution in [1.82, 2.24) is 9.47 Å². The Morgan fingerprint density at radius 2 is 1.81 bits per heavy atom. The topological polar surface area (TPSA) is 63.9 Å². The van der Waals surface area contributed by atoms with E-state index in [1.165, 1.54) is 10.5 Å². The Morgan fingerprint density at radius 1 is 1.07 bits per heavy atom. The zero-order valence-corrected chi connectivity index (χ0v) is 15.3. The molecular formula is C20H15N3O3S. The largest absolute Gasteiger partial charge is 0.393 e. The summed E-state index contributed by atoms with van der Waals surface area (Å²) < 4.78 is 2.10. The summed E-state index contributed by atoms with van der Waals surface area (Å²) in [6.45, 7) is 2.39. The van der Waals surface area contributed by atoms with Gasteiger partial charge in [-0.15, -0.1) is 11.3 Å². The Bertz CT molecular complexity index is 1090. The molecule has 0 bridgehead atoms. The normalized spacial score (nSPS) is 16.0. The van der Waals surface area contributed by atoms with Gasteiger partial charge in [-0.1, -0.05) is 17.3 Å². The SMILES string of the molecule is Cc1csc2c1-n1cccc1/C2=N\OCCN1C(=O)c2ccccc2C1=O. The van der Waals surface area contributed by atoms with Crippen LogP contribution in [0.25, 0.3) is 5.69 Å². The van der Waals surface area contributed by atoms with Crippen molar-refractivity contribution in [2.75, 3.05) is 13.2 Å². The van der Waals surface area contributed by atoms with Crippen molar-refractivity contribution in [1.29, 1.82) is 0 Å². The highest BCUT2D eigenvalue weighted by atomic mass is 32.1. The molecule has 1 aromatic carbocycles. The number of benzene rings is 1. The van der Waals surface area contributed by atoms with Crippen molar-refractivity contribution in [2.45, 2.75) is 6.92 Å². The van der Waals surface area contributed by atoms with Crippen LogP contribution in [0.15, 0.2) is 53.1 Å². The van der Waals surface area contributed by atoms with Gasteiger partial charge >= 0.3 is 0 Å². The van der Waals surface area contributed by atoms with E-state index >= 15 is 0 Å². The van der Waals surface area contributed by atoms with Crippen LogP contribution in [0.2, 0.25) is 0 Å². The van der Waals surface area contributed by atoms with Gasteiger partial charge in [-0.2, -0.15) is 0 Å². The number of aromatic nitrogens is 1. The third-order valence-corrected chi connectivity index (χ3v) is 5.92. The molecule has 0 spiro atoms. The molecular weight excluding hydrogens is 362 g/mol. The second-order valence-corrected chi connectivity index (χ2v) is 7.32. The summed E-state index contributed by atoms with van der Waals surface area (Å²) >= 11 is 1.63. The number of amides is 2. The van der Waals surface area contributed by atoms with Gasteiger partial charge in [0, 0.05) is 6.20 Å². The molecule has 0 unspecified atom stereocenters. The average molecular weight is 377 g/mol. The fourth-order valence-electron chi connectivity index (χ4n) is 3.56. The van der Waals surface area contributed by atoms with E-state index in [0.717, 1.165) is 22.0 Å². The molecule has 0 radical (unpaired) electrons. The monoisotopic (exact) mass is 377 g/mol. The number of rotatable bonds is 4. The Morgan fingerprint density at radius 3 is 2.56 bits per heavy atom. The second-order valence-electron chi connectivity index (χ2n) is 6.44. The minimum Gasteiger partial charge on any atom is -0.393 e. The molecule has 2 amide bonds. The van der Waals surface area contributed by atoms with Crippen LogP contribution in [0.5, 0.6) is 0 Å². The lowest BCUT2D eigenvalue weighted by atomic mass is 10.1. The standard InChI is InChI=1S/C20H15N3O3S/c1-12-11-27-18-16(15-7-4-8-22(15)17(12)18)21-26-10-9-23-19(24)13-5-2-3-6-14(13)20(23)25/h2-8,11H,9-10H2,1H3/b21-16+. The molecule has 0 atom stereocenters. The molecule has 6 nitrogen and oxygen atoms in total. The summed E-state index contributed by atoms with van der Waals surface area (Å²) in [5, 5.41) is 6.41. The number of hydrogen-bond donors (Lipinski definition) is 0. The predicted molar refractivity (Wildman–Crippen MR) is 102 cm³/mol. The number of carbonyl (C=O) groups is 2. The molecule has 2 aliphatic heterocycles. The molecule has 0 fully saturated rings. The Hall–Kier alpha value is -3.19. The molecule has 7 heteroatoms. The van der Waals surface area contributed by atoms with Gasteiger partial charge in [-0.25, -0.2) is 0 Å². The lowest BCUT2D eigenvalue weighted by molar-refractivity contribution is 0.0571. The number of imide groups is 1. The molecule has 0 saturated carbocycles. The van der Waals surface area contributed by atoms with Gasteiger partial charge in [0.25, 0.3) is 11.8 Å². The summed E-state index contributed by atoms with van der Waals surface area (Å²) in [5.74, 6) is -0.560. The molecule has 5 rings (SSSR count). The average Bonchev–Trinajstić information content (AvgIpc) is 3.39. The minimum atomic E-state index is -0.280. The maximum absolute atomic E-state index is 12.4. The lowest BCUT2D eigenvalue weighted by Gasteiger charge is -2.12. The molecule has 2 aromatic heterocycles.